The number of nitrogens with one attached hydrogen (secondary N) is 1. The second kappa shape index (κ2) is 5.61. The fourth-order valence-corrected chi connectivity index (χ4v) is 3.36. The van der Waals surface area contributed by atoms with Crippen molar-refractivity contribution in [1.82, 2.24) is 5.32 Å². The zero-order valence-electron chi connectivity index (χ0n) is 12.9. The minimum atomic E-state index is 0.655. The fourth-order valence-electron chi connectivity index (χ4n) is 3.36. The summed E-state index contributed by atoms with van der Waals surface area (Å²) in [5.41, 5.74) is 5.56. The molecule has 3 rings (SSSR count). The summed E-state index contributed by atoms with van der Waals surface area (Å²) in [6, 6.07) is 4.71. The molecular formula is C18H25NO. The highest BCUT2D eigenvalue weighted by atomic mass is 16.3. The van der Waals surface area contributed by atoms with E-state index in [4.69, 9.17) is 4.42 Å². The van der Waals surface area contributed by atoms with Crippen LogP contribution in [0, 0.1) is 5.92 Å². The van der Waals surface area contributed by atoms with Gasteiger partial charge in [0, 0.05) is 10.9 Å². The number of furan rings is 1. The Bertz CT molecular complexity index is 609. The van der Waals surface area contributed by atoms with Gasteiger partial charge in [-0.2, -0.15) is 0 Å². The van der Waals surface area contributed by atoms with Crippen LogP contribution in [0.5, 0.6) is 0 Å². The lowest BCUT2D eigenvalue weighted by Gasteiger charge is -2.15. The molecule has 2 heteroatoms. The van der Waals surface area contributed by atoms with Crippen LogP contribution in [0.15, 0.2) is 16.5 Å². The first kappa shape index (κ1) is 13.7. The Morgan fingerprint density at radius 1 is 1.15 bits per heavy atom. The highest BCUT2D eigenvalue weighted by Crippen LogP contribution is 2.33. The van der Waals surface area contributed by atoms with Crippen molar-refractivity contribution in [3.05, 3.63) is 34.6 Å². The van der Waals surface area contributed by atoms with Crippen LogP contribution >= 0.6 is 0 Å². The van der Waals surface area contributed by atoms with Gasteiger partial charge >= 0.3 is 0 Å². The van der Waals surface area contributed by atoms with Gasteiger partial charge in [0.2, 0.25) is 0 Å². The molecule has 1 aromatic carbocycles. The van der Waals surface area contributed by atoms with E-state index in [1.165, 1.54) is 42.2 Å². The Hall–Kier alpha value is -1.28. The molecule has 1 N–H and O–H groups in total. The molecule has 20 heavy (non-hydrogen) atoms. The average molecular weight is 271 g/mol. The van der Waals surface area contributed by atoms with Gasteiger partial charge < -0.3 is 9.73 Å². The maximum Gasteiger partial charge on any atom is 0.134 e. The molecule has 1 aliphatic carbocycles. The minimum absolute atomic E-state index is 0.655. The van der Waals surface area contributed by atoms with Gasteiger partial charge in [-0.25, -0.2) is 0 Å². The average Bonchev–Trinajstić information content (AvgIpc) is 2.74. The molecule has 0 aliphatic heterocycles. The van der Waals surface area contributed by atoms with E-state index in [0.717, 1.165) is 24.3 Å². The van der Waals surface area contributed by atoms with Crippen LogP contribution in [0.1, 0.15) is 49.1 Å². The Morgan fingerprint density at radius 3 is 2.50 bits per heavy atom. The predicted molar refractivity (Wildman–Crippen MR) is 84.2 cm³/mol. The van der Waals surface area contributed by atoms with Crippen LogP contribution in [-0.2, 0) is 25.8 Å². The molecule has 0 amide bonds. The second-order valence-electron chi connectivity index (χ2n) is 6.46. The van der Waals surface area contributed by atoms with Crippen LogP contribution in [0.25, 0.3) is 11.0 Å². The SMILES string of the molecule is CNCc1oc2cc3c(cc2c1CC(C)C)CCCC3. The van der Waals surface area contributed by atoms with Gasteiger partial charge in [0.05, 0.1) is 6.54 Å². The largest absolute Gasteiger partial charge is 0.459 e. The summed E-state index contributed by atoms with van der Waals surface area (Å²) < 4.78 is 6.14. The predicted octanol–water partition coefficient (Wildman–Crippen LogP) is 4.23. The quantitative estimate of drug-likeness (QED) is 0.900. The third-order valence-electron chi connectivity index (χ3n) is 4.29. The smallest absolute Gasteiger partial charge is 0.134 e. The first-order chi connectivity index (χ1) is 9.69. The molecule has 1 heterocycles. The van der Waals surface area contributed by atoms with Crippen molar-refractivity contribution in [2.75, 3.05) is 7.05 Å². The van der Waals surface area contributed by atoms with Crippen molar-refractivity contribution in [1.29, 1.82) is 0 Å². The summed E-state index contributed by atoms with van der Waals surface area (Å²) in [7, 11) is 1.98. The fraction of sp³-hybridized carbons (Fsp3) is 0.556. The third kappa shape index (κ3) is 2.49. The van der Waals surface area contributed by atoms with Gasteiger partial charge in [0.1, 0.15) is 11.3 Å². The molecule has 1 aliphatic rings. The number of benzene rings is 1. The molecule has 2 aromatic rings. The monoisotopic (exact) mass is 271 g/mol. The van der Waals surface area contributed by atoms with Crippen molar-refractivity contribution in [2.45, 2.75) is 52.5 Å². The summed E-state index contributed by atoms with van der Waals surface area (Å²) in [6.45, 7) is 5.38. The van der Waals surface area contributed by atoms with Gasteiger partial charge in [-0.1, -0.05) is 13.8 Å². The molecule has 108 valence electrons. The van der Waals surface area contributed by atoms with Crippen LogP contribution in [0.3, 0.4) is 0 Å². The molecule has 0 atom stereocenters. The Balaban J connectivity index is 2.13. The Morgan fingerprint density at radius 2 is 1.85 bits per heavy atom. The summed E-state index contributed by atoms with van der Waals surface area (Å²) in [5, 5.41) is 4.59. The van der Waals surface area contributed by atoms with Crippen molar-refractivity contribution in [2.24, 2.45) is 5.92 Å². The molecule has 2 nitrogen and oxygen atoms in total. The molecule has 0 saturated heterocycles. The highest BCUT2D eigenvalue weighted by molar-refractivity contribution is 5.84. The highest BCUT2D eigenvalue weighted by Gasteiger charge is 2.18. The van der Waals surface area contributed by atoms with Gasteiger partial charge in [0.15, 0.2) is 0 Å². The van der Waals surface area contributed by atoms with Gasteiger partial charge in [-0.15, -0.1) is 0 Å². The molecule has 0 radical (unpaired) electrons. The summed E-state index contributed by atoms with van der Waals surface area (Å²) in [6.07, 6.45) is 6.20. The number of hydrogen-bond donors (Lipinski definition) is 1. The number of rotatable bonds is 4. The molecule has 0 unspecified atom stereocenters. The standard InChI is InChI=1S/C18H25NO/c1-12(2)8-15-16-9-13-6-4-5-7-14(13)10-17(16)20-18(15)11-19-3/h9-10,12,19H,4-8,11H2,1-3H3. The molecule has 0 bridgehead atoms. The van der Waals surface area contributed by atoms with E-state index < -0.39 is 0 Å². The number of fused-ring (bicyclic) bond motifs is 2. The van der Waals surface area contributed by atoms with Crippen LogP contribution in [0.2, 0.25) is 0 Å². The van der Waals surface area contributed by atoms with Crippen molar-refractivity contribution in [3.63, 3.8) is 0 Å². The molecule has 1 aromatic heterocycles. The molecule has 0 fully saturated rings. The van der Waals surface area contributed by atoms with E-state index in [0.29, 0.717) is 5.92 Å². The normalized spacial score (nSPS) is 15.0. The second-order valence-corrected chi connectivity index (χ2v) is 6.46. The molecular weight excluding hydrogens is 246 g/mol. The van der Waals surface area contributed by atoms with Crippen molar-refractivity contribution < 1.29 is 4.42 Å². The Kier molecular flexibility index (Phi) is 3.84. The summed E-state index contributed by atoms with van der Waals surface area (Å²) in [4.78, 5) is 0. The number of aryl methyl sites for hydroxylation is 2. The Labute approximate surface area is 121 Å². The summed E-state index contributed by atoms with van der Waals surface area (Å²) in [5.74, 6) is 1.78. The maximum atomic E-state index is 6.14. The zero-order valence-corrected chi connectivity index (χ0v) is 12.9. The lowest BCUT2D eigenvalue weighted by molar-refractivity contribution is 0.515. The van der Waals surface area contributed by atoms with E-state index in [1.54, 1.807) is 5.56 Å². The van der Waals surface area contributed by atoms with Crippen molar-refractivity contribution >= 4 is 11.0 Å². The summed E-state index contributed by atoms with van der Waals surface area (Å²) >= 11 is 0. The van der Waals surface area contributed by atoms with Crippen LogP contribution in [-0.4, -0.2) is 7.05 Å². The lowest BCUT2D eigenvalue weighted by atomic mass is 9.89. The van der Waals surface area contributed by atoms with Crippen molar-refractivity contribution in [3.8, 4) is 0 Å². The van der Waals surface area contributed by atoms with Crippen LogP contribution < -0.4 is 5.32 Å². The molecule has 0 spiro atoms. The van der Waals surface area contributed by atoms with Crippen LogP contribution in [0.4, 0.5) is 0 Å². The van der Waals surface area contributed by atoms with E-state index in [2.05, 4.69) is 31.3 Å². The minimum Gasteiger partial charge on any atom is -0.459 e. The van der Waals surface area contributed by atoms with Gasteiger partial charge in [-0.05, 0) is 68.3 Å². The van der Waals surface area contributed by atoms with E-state index in [1.807, 2.05) is 7.05 Å². The van der Waals surface area contributed by atoms with Gasteiger partial charge in [-0.3, -0.25) is 0 Å². The van der Waals surface area contributed by atoms with E-state index >= 15 is 0 Å². The topological polar surface area (TPSA) is 25.2 Å². The lowest BCUT2D eigenvalue weighted by Crippen LogP contribution is -2.07. The number of hydrogen-bond acceptors (Lipinski definition) is 2. The zero-order chi connectivity index (χ0) is 14.1. The maximum absolute atomic E-state index is 6.14. The van der Waals surface area contributed by atoms with E-state index in [-0.39, 0.29) is 0 Å². The van der Waals surface area contributed by atoms with E-state index in [9.17, 15) is 0 Å². The first-order valence-corrected chi connectivity index (χ1v) is 7.89. The first-order valence-electron chi connectivity index (χ1n) is 7.89. The molecule has 0 saturated carbocycles. The third-order valence-corrected chi connectivity index (χ3v) is 4.29. The van der Waals surface area contributed by atoms with Gasteiger partial charge in [0.25, 0.3) is 0 Å².